The van der Waals surface area contributed by atoms with Crippen LogP contribution in [0.25, 0.3) is 0 Å². The third-order valence-corrected chi connectivity index (χ3v) is 3.96. The highest BCUT2D eigenvalue weighted by Gasteiger charge is 2.23. The average Bonchev–Trinajstić information content (AvgIpc) is 2.48. The number of amides is 1. The van der Waals surface area contributed by atoms with Crippen LogP contribution in [0.3, 0.4) is 0 Å². The van der Waals surface area contributed by atoms with Crippen molar-refractivity contribution >= 4 is 21.8 Å². The molecule has 2 atom stereocenters. The smallest absolute Gasteiger partial charge is 0.270 e. The highest BCUT2D eigenvalue weighted by Crippen LogP contribution is 2.22. The van der Waals surface area contributed by atoms with Gasteiger partial charge < -0.3 is 10.2 Å². The Bertz CT molecular complexity index is 614. The van der Waals surface area contributed by atoms with Gasteiger partial charge in [0.25, 0.3) is 5.91 Å². The van der Waals surface area contributed by atoms with E-state index in [1.807, 2.05) is 45.3 Å². The molecule has 0 saturated carbocycles. The van der Waals surface area contributed by atoms with Gasteiger partial charge in [0.15, 0.2) is 0 Å². The molecule has 1 N–H and O–H groups in total. The maximum absolute atomic E-state index is 12.3. The minimum atomic E-state index is -0.164. The quantitative estimate of drug-likeness (QED) is 0.888. The van der Waals surface area contributed by atoms with E-state index in [0.29, 0.717) is 5.69 Å². The number of carbonyl (C=O) groups is 1. The van der Waals surface area contributed by atoms with E-state index in [9.17, 15) is 4.79 Å². The lowest BCUT2D eigenvalue weighted by Crippen LogP contribution is -2.42. The molecule has 4 nitrogen and oxygen atoms in total. The molecule has 0 unspecified atom stereocenters. The number of benzene rings is 1. The number of carbonyl (C=O) groups excluding carboxylic acids is 1. The van der Waals surface area contributed by atoms with E-state index in [0.717, 1.165) is 4.47 Å². The Kier molecular flexibility index (Phi) is 5.69. The van der Waals surface area contributed by atoms with Crippen LogP contribution in [0.15, 0.2) is 53.1 Å². The number of halogens is 1. The molecule has 0 fully saturated rings. The maximum atomic E-state index is 12.3. The molecule has 22 heavy (non-hydrogen) atoms. The van der Waals surface area contributed by atoms with Crippen LogP contribution in [-0.4, -0.2) is 35.9 Å². The van der Waals surface area contributed by atoms with Gasteiger partial charge in [0.2, 0.25) is 0 Å². The minimum Gasteiger partial charge on any atom is -0.346 e. The van der Waals surface area contributed by atoms with Crippen LogP contribution >= 0.6 is 15.9 Å². The van der Waals surface area contributed by atoms with Crippen molar-refractivity contribution in [2.24, 2.45) is 0 Å². The molecule has 1 aromatic carbocycles. The normalized spacial score (nSPS) is 13.7. The fourth-order valence-electron chi connectivity index (χ4n) is 2.55. The molecule has 5 heteroatoms. The number of nitrogens with zero attached hydrogens (tertiary/aromatic N) is 2. The molecular formula is C17H20BrN3O. The molecule has 116 valence electrons. The first-order chi connectivity index (χ1) is 10.5. The summed E-state index contributed by atoms with van der Waals surface area (Å²) >= 11 is 3.32. The van der Waals surface area contributed by atoms with E-state index in [1.165, 1.54) is 5.56 Å². The van der Waals surface area contributed by atoms with Crippen molar-refractivity contribution in [3.63, 3.8) is 0 Å². The summed E-state index contributed by atoms with van der Waals surface area (Å²) in [4.78, 5) is 18.6. The van der Waals surface area contributed by atoms with Gasteiger partial charge in [-0.05, 0) is 54.6 Å². The second-order valence-corrected chi connectivity index (χ2v) is 6.36. The number of hydrogen-bond donors (Lipinski definition) is 1. The molecule has 0 aliphatic carbocycles. The summed E-state index contributed by atoms with van der Waals surface area (Å²) in [5, 5.41) is 3.04. The molecule has 0 aliphatic rings. The number of nitrogens with one attached hydrogen (secondary N) is 1. The van der Waals surface area contributed by atoms with Crippen molar-refractivity contribution in [3.05, 3.63) is 64.4 Å². The van der Waals surface area contributed by atoms with Crippen LogP contribution in [0, 0.1) is 0 Å². The van der Waals surface area contributed by atoms with Crippen molar-refractivity contribution in [1.29, 1.82) is 0 Å². The van der Waals surface area contributed by atoms with Crippen molar-refractivity contribution in [1.82, 2.24) is 15.2 Å². The van der Waals surface area contributed by atoms with Gasteiger partial charge >= 0.3 is 0 Å². The van der Waals surface area contributed by atoms with E-state index in [-0.39, 0.29) is 18.0 Å². The molecule has 2 rings (SSSR count). The summed E-state index contributed by atoms with van der Waals surface area (Å²) in [5.74, 6) is -0.164. The van der Waals surface area contributed by atoms with Crippen molar-refractivity contribution in [2.45, 2.75) is 19.0 Å². The van der Waals surface area contributed by atoms with E-state index in [1.54, 1.807) is 12.3 Å². The van der Waals surface area contributed by atoms with Gasteiger partial charge in [0.05, 0.1) is 6.04 Å². The number of pyridine rings is 1. The SMILES string of the molecule is C[C@H](NC(=O)c1ccc(Br)cn1)[C@H](c1ccccc1)N(C)C. The van der Waals surface area contributed by atoms with E-state index < -0.39 is 0 Å². The van der Waals surface area contributed by atoms with Gasteiger partial charge in [0, 0.05) is 16.7 Å². The third-order valence-electron chi connectivity index (χ3n) is 3.49. The summed E-state index contributed by atoms with van der Waals surface area (Å²) in [7, 11) is 4.02. The fourth-order valence-corrected chi connectivity index (χ4v) is 2.79. The zero-order valence-corrected chi connectivity index (χ0v) is 14.5. The first kappa shape index (κ1) is 16.6. The Hall–Kier alpha value is -1.72. The van der Waals surface area contributed by atoms with Crippen LogP contribution in [0.5, 0.6) is 0 Å². The fraction of sp³-hybridized carbons (Fsp3) is 0.294. The third kappa shape index (κ3) is 4.15. The predicted molar refractivity (Wildman–Crippen MR) is 91.7 cm³/mol. The Labute approximate surface area is 139 Å². The first-order valence-corrected chi connectivity index (χ1v) is 7.92. The van der Waals surface area contributed by atoms with Crippen molar-refractivity contribution < 1.29 is 4.79 Å². The van der Waals surface area contributed by atoms with E-state index in [4.69, 9.17) is 0 Å². The Morgan fingerprint density at radius 1 is 1.18 bits per heavy atom. The highest BCUT2D eigenvalue weighted by atomic mass is 79.9. The number of aromatic nitrogens is 1. The monoisotopic (exact) mass is 361 g/mol. The molecule has 0 aliphatic heterocycles. The van der Waals surface area contributed by atoms with Crippen LogP contribution in [-0.2, 0) is 0 Å². The summed E-state index contributed by atoms with van der Waals surface area (Å²) in [6, 6.07) is 13.7. The second-order valence-electron chi connectivity index (χ2n) is 5.44. The minimum absolute atomic E-state index is 0.0460. The van der Waals surface area contributed by atoms with Crippen molar-refractivity contribution in [2.75, 3.05) is 14.1 Å². The van der Waals surface area contributed by atoms with Gasteiger partial charge in [0.1, 0.15) is 5.69 Å². The summed E-state index contributed by atoms with van der Waals surface area (Å²) in [5.41, 5.74) is 1.59. The lowest BCUT2D eigenvalue weighted by Gasteiger charge is -2.31. The lowest BCUT2D eigenvalue weighted by atomic mass is 9.99. The molecule has 1 amide bonds. The number of hydrogen-bond acceptors (Lipinski definition) is 3. The average molecular weight is 362 g/mol. The molecular weight excluding hydrogens is 342 g/mol. The zero-order valence-electron chi connectivity index (χ0n) is 13.0. The van der Waals surface area contributed by atoms with Gasteiger partial charge in [-0.15, -0.1) is 0 Å². The van der Waals surface area contributed by atoms with E-state index >= 15 is 0 Å². The summed E-state index contributed by atoms with van der Waals surface area (Å²) in [6.07, 6.45) is 1.63. The second kappa shape index (κ2) is 7.51. The van der Waals surface area contributed by atoms with E-state index in [2.05, 4.69) is 43.3 Å². The largest absolute Gasteiger partial charge is 0.346 e. The van der Waals surface area contributed by atoms with Gasteiger partial charge in [-0.2, -0.15) is 0 Å². The lowest BCUT2D eigenvalue weighted by molar-refractivity contribution is 0.0910. The van der Waals surface area contributed by atoms with Crippen LogP contribution < -0.4 is 5.32 Å². The van der Waals surface area contributed by atoms with Crippen molar-refractivity contribution in [3.8, 4) is 0 Å². The maximum Gasteiger partial charge on any atom is 0.270 e. The molecule has 0 radical (unpaired) electrons. The van der Waals surface area contributed by atoms with Gasteiger partial charge in [-0.3, -0.25) is 4.79 Å². The Morgan fingerprint density at radius 2 is 1.86 bits per heavy atom. The molecule has 0 spiro atoms. The topological polar surface area (TPSA) is 45.2 Å². The highest BCUT2D eigenvalue weighted by molar-refractivity contribution is 9.10. The van der Waals surface area contributed by atoms with Gasteiger partial charge in [-0.1, -0.05) is 30.3 Å². The Balaban J connectivity index is 2.13. The van der Waals surface area contributed by atoms with Crippen LogP contribution in [0.1, 0.15) is 29.0 Å². The molecule has 0 saturated heterocycles. The first-order valence-electron chi connectivity index (χ1n) is 7.13. The predicted octanol–water partition coefficient (Wildman–Crippen LogP) is 3.27. The molecule has 1 aromatic heterocycles. The van der Waals surface area contributed by atoms with Crippen LogP contribution in [0.4, 0.5) is 0 Å². The van der Waals surface area contributed by atoms with Crippen LogP contribution in [0.2, 0.25) is 0 Å². The number of likely N-dealkylation sites (N-methyl/N-ethyl adjacent to an activating group) is 1. The zero-order chi connectivity index (χ0) is 16.1. The Morgan fingerprint density at radius 3 is 2.41 bits per heavy atom. The standard InChI is InChI=1S/C17H20BrN3O/c1-12(16(21(2)3)13-7-5-4-6-8-13)20-17(22)15-10-9-14(18)11-19-15/h4-12,16H,1-3H3,(H,20,22)/t12-,16+/m0/s1. The summed E-state index contributed by atoms with van der Waals surface area (Å²) < 4.78 is 0.854. The molecule has 1 heterocycles. The number of rotatable bonds is 5. The molecule has 0 bridgehead atoms. The molecule has 2 aromatic rings. The summed E-state index contributed by atoms with van der Waals surface area (Å²) in [6.45, 7) is 2.01. The van der Waals surface area contributed by atoms with Gasteiger partial charge in [-0.25, -0.2) is 4.98 Å².